The van der Waals surface area contributed by atoms with Gasteiger partial charge in [0.05, 0.1) is 5.75 Å². The zero-order chi connectivity index (χ0) is 16.9. The Morgan fingerprint density at radius 1 is 1.46 bits per heavy atom. The van der Waals surface area contributed by atoms with E-state index in [2.05, 4.69) is 20.5 Å². The minimum Gasteiger partial charge on any atom is -0.325 e. The lowest BCUT2D eigenvalue weighted by Gasteiger charge is -2.16. The third-order valence-electron chi connectivity index (χ3n) is 3.69. The number of aromatic nitrogens is 3. The molecule has 0 bridgehead atoms. The monoisotopic (exact) mass is 345 g/mol. The van der Waals surface area contributed by atoms with Crippen LogP contribution in [0.5, 0.6) is 0 Å². The third kappa shape index (κ3) is 3.94. The van der Waals surface area contributed by atoms with Crippen LogP contribution in [0.4, 0.5) is 11.4 Å². The number of benzene rings is 1. The summed E-state index contributed by atoms with van der Waals surface area (Å²) in [5, 5.41) is 10.3. The van der Waals surface area contributed by atoms with E-state index in [-0.39, 0.29) is 17.6 Å². The Labute approximate surface area is 144 Å². The van der Waals surface area contributed by atoms with E-state index in [1.165, 1.54) is 11.8 Å². The number of aryl methyl sites for hydroxylation is 1. The maximum absolute atomic E-state index is 12.1. The van der Waals surface area contributed by atoms with Crippen molar-refractivity contribution in [2.75, 3.05) is 22.5 Å². The fraction of sp³-hybridized carbons (Fsp3) is 0.375. The van der Waals surface area contributed by atoms with Crippen LogP contribution in [-0.2, 0) is 16.0 Å². The summed E-state index contributed by atoms with van der Waals surface area (Å²) in [6.45, 7) is 2.72. The van der Waals surface area contributed by atoms with Gasteiger partial charge in [-0.3, -0.25) is 14.7 Å². The van der Waals surface area contributed by atoms with E-state index in [1.54, 1.807) is 4.90 Å². The predicted molar refractivity (Wildman–Crippen MR) is 93.1 cm³/mol. The molecule has 1 aromatic carbocycles. The Kier molecular flexibility index (Phi) is 5.14. The molecule has 2 aromatic rings. The largest absolute Gasteiger partial charge is 0.325 e. The normalized spacial score (nSPS) is 14.2. The second kappa shape index (κ2) is 7.48. The zero-order valence-electron chi connectivity index (χ0n) is 13.4. The van der Waals surface area contributed by atoms with E-state index < -0.39 is 0 Å². The van der Waals surface area contributed by atoms with Crippen LogP contribution in [0, 0.1) is 0 Å². The summed E-state index contributed by atoms with van der Waals surface area (Å²) >= 11 is 1.28. The second-order valence-electron chi connectivity index (χ2n) is 5.45. The number of aromatic amines is 1. The van der Waals surface area contributed by atoms with Crippen LogP contribution in [0.3, 0.4) is 0 Å². The quantitative estimate of drug-likeness (QED) is 0.784. The minimum atomic E-state index is -0.132. The maximum Gasteiger partial charge on any atom is 0.234 e. The molecule has 0 unspecified atom stereocenters. The van der Waals surface area contributed by atoms with Gasteiger partial charge in [-0.05, 0) is 24.6 Å². The van der Waals surface area contributed by atoms with Crippen molar-refractivity contribution in [1.82, 2.24) is 15.2 Å². The van der Waals surface area contributed by atoms with Crippen molar-refractivity contribution in [2.24, 2.45) is 0 Å². The molecule has 0 saturated carbocycles. The fourth-order valence-corrected chi connectivity index (χ4v) is 3.12. The first-order chi connectivity index (χ1) is 11.7. The molecule has 1 aliphatic rings. The molecule has 2 heterocycles. The number of amides is 2. The molecule has 2 amide bonds. The second-order valence-corrected chi connectivity index (χ2v) is 6.40. The van der Waals surface area contributed by atoms with Gasteiger partial charge in [0, 0.05) is 30.8 Å². The van der Waals surface area contributed by atoms with Crippen molar-refractivity contribution in [3.63, 3.8) is 0 Å². The van der Waals surface area contributed by atoms with Crippen molar-refractivity contribution in [1.29, 1.82) is 0 Å². The van der Waals surface area contributed by atoms with Gasteiger partial charge in [0.2, 0.25) is 17.0 Å². The van der Waals surface area contributed by atoms with Crippen molar-refractivity contribution in [3.8, 4) is 0 Å². The van der Waals surface area contributed by atoms with Crippen LogP contribution in [0.2, 0.25) is 0 Å². The molecule has 0 atom stereocenters. The molecule has 1 aliphatic heterocycles. The summed E-state index contributed by atoms with van der Waals surface area (Å²) in [5.74, 6) is 1.03. The number of thioether (sulfide) groups is 1. The summed E-state index contributed by atoms with van der Waals surface area (Å²) in [6, 6.07) is 7.36. The molecule has 3 rings (SSSR count). The van der Waals surface area contributed by atoms with Crippen LogP contribution in [0.25, 0.3) is 0 Å². The molecule has 1 saturated heterocycles. The molecule has 1 aromatic heterocycles. The highest BCUT2D eigenvalue weighted by Gasteiger charge is 2.21. The van der Waals surface area contributed by atoms with Crippen LogP contribution < -0.4 is 10.2 Å². The zero-order valence-corrected chi connectivity index (χ0v) is 14.2. The van der Waals surface area contributed by atoms with Gasteiger partial charge in [0.15, 0.2) is 0 Å². The first-order valence-electron chi connectivity index (χ1n) is 7.90. The molecule has 0 spiro atoms. The minimum absolute atomic E-state index is 0.130. The van der Waals surface area contributed by atoms with E-state index in [0.717, 1.165) is 30.9 Å². The molecule has 126 valence electrons. The Balaban J connectivity index is 1.57. The number of carbonyl (C=O) groups is 2. The molecule has 0 aliphatic carbocycles. The Morgan fingerprint density at radius 3 is 3.04 bits per heavy atom. The summed E-state index contributed by atoms with van der Waals surface area (Å²) in [6.07, 6.45) is 2.24. The first kappa shape index (κ1) is 16.5. The van der Waals surface area contributed by atoms with Gasteiger partial charge in [0.25, 0.3) is 0 Å². The summed E-state index contributed by atoms with van der Waals surface area (Å²) < 4.78 is 0. The highest BCUT2D eigenvalue weighted by atomic mass is 32.2. The molecule has 1 fully saturated rings. The van der Waals surface area contributed by atoms with E-state index in [9.17, 15) is 9.59 Å². The number of rotatable bonds is 6. The number of carbonyl (C=O) groups excluding carboxylic acids is 2. The summed E-state index contributed by atoms with van der Waals surface area (Å²) in [7, 11) is 0. The number of nitrogens with zero attached hydrogens (tertiary/aromatic N) is 3. The Hall–Kier alpha value is -2.35. The molecule has 2 N–H and O–H groups in total. The smallest absolute Gasteiger partial charge is 0.234 e. The standard InChI is InChI=1S/C16H19N5O2S/c1-2-13-18-16(20-19-13)24-10-14(22)17-11-5-3-6-12(9-11)21-8-4-7-15(21)23/h3,5-6,9H,2,4,7-8,10H2,1H3,(H,17,22)(H,18,19,20). The van der Waals surface area contributed by atoms with E-state index >= 15 is 0 Å². The summed E-state index contributed by atoms with van der Waals surface area (Å²) in [5.41, 5.74) is 1.51. The molecular weight excluding hydrogens is 326 g/mol. The molecular formula is C16H19N5O2S. The van der Waals surface area contributed by atoms with Crippen molar-refractivity contribution in [2.45, 2.75) is 31.3 Å². The topological polar surface area (TPSA) is 91.0 Å². The Morgan fingerprint density at radius 2 is 2.33 bits per heavy atom. The van der Waals surface area contributed by atoms with Crippen LogP contribution >= 0.6 is 11.8 Å². The van der Waals surface area contributed by atoms with Crippen molar-refractivity contribution in [3.05, 3.63) is 30.1 Å². The van der Waals surface area contributed by atoms with Crippen molar-refractivity contribution < 1.29 is 9.59 Å². The lowest BCUT2D eigenvalue weighted by atomic mass is 10.2. The molecule has 0 radical (unpaired) electrons. The molecule has 8 heteroatoms. The summed E-state index contributed by atoms with van der Waals surface area (Å²) in [4.78, 5) is 29.9. The SMILES string of the molecule is CCc1nc(SCC(=O)Nc2cccc(N3CCCC3=O)c2)n[nH]1. The lowest BCUT2D eigenvalue weighted by molar-refractivity contribution is -0.117. The van der Waals surface area contributed by atoms with E-state index in [1.807, 2.05) is 31.2 Å². The predicted octanol–water partition coefficient (Wildman–Crippen LogP) is 2.22. The Bertz CT molecular complexity index is 746. The third-order valence-corrected chi connectivity index (χ3v) is 4.54. The highest BCUT2D eigenvalue weighted by Crippen LogP contribution is 2.24. The molecule has 24 heavy (non-hydrogen) atoms. The van der Waals surface area contributed by atoms with E-state index in [0.29, 0.717) is 17.3 Å². The van der Waals surface area contributed by atoms with Gasteiger partial charge < -0.3 is 10.2 Å². The fourth-order valence-electron chi connectivity index (χ4n) is 2.50. The lowest BCUT2D eigenvalue weighted by Crippen LogP contribution is -2.23. The number of hydrogen-bond donors (Lipinski definition) is 2. The average molecular weight is 345 g/mol. The maximum atomic E-state index is 12.1. The number of hydrogen-bond acceptors (Lipinski definition) is 5. The van der Waals surface area contributed by atoms with E-state index in [4.69, 9.17) is 0 Å². The first-order valence-corrected chi connectivity index (χ1v) is 8.88. The van der Waals surface area contributed by atoms with Gasteiger partial charge in [-0.15, -0.1) is 5.10 Å². The van der Waals surface area contributed by atoms with Gasteiger partial charge in [-0.1, -0.05) is 24.8 Å². The van der Waals surface area contributed by atoms with Gasteiger partial charge in [-0.2, -0.15) is 0 Å². The van der Waals surface area contributed by atoms with Crippen LogP contribution in [0.15, 0.2) is 29.4 Å². The van der Waals surface area contributed by atoms with Gasteiger partial charge in [-0.25, -0.2) is 4.98 Å². The number of nitrogens with one attached hydrogen (secondary N) is 2. The number of anilines is 2. The van der Waals surface area contributed by atoms with Crippen LogP contribution in [-0.4, -0.2) is 39.3 Å². The highest BCUT2D eigenvalue weighted by molar-refractivity contribution is 7.99. The van der Waals surface area contributed by atoms with Crippen LogP contribution in [0.1, 0.15) is 25.6 Å². The van der Waals surface area contributed by atoms with Gasteiger partial charge in [0.1, 0.15) is 5.82 Å². The van der Waals surface area contributed by atoms with Crippen molar-refractivity contribution >= 4 is 35.0 Å². The van der Waals surface area contributed by atoms with Gasteiger partial charge >= 0.3 is 0 Å². The molecule has 7 nitrogen and oxygen atoms in total. The average Bonchev–Trinajstić information content (AvgIpc) is 3.22. The number of H-pyrrole nitrogens is 1.